The van der Waals surface area contributed by atoms with Crippen molar-refractivity contribution in [2.24, 2.45) is 7.05 Å². The molecule has 13 heavy (non-hydrogen) atoms. The number of rotatable bonds is 0. The van der Waals surface area contributed by atoms with Gasteiger partial charge in [0, 0.05) is 7.05 Å². The first-order chi connectivity index (χ1) is 6.09. The van der Waals surface area contributed by atoms with Gasteiger partial charge < -0.3 is 4.57 Å². The number of halogens is 3. The Hall–Kier alpha value is -0.320. The number of hydrogen-bond acceptors (Lipinski definition) is 2. The molecule has 0 saturated heterocycles. The average molecular weight is 281 g/mol. The number of aromatic nitrogens is 3. The van der Waals surface area contributed by atoms with Crippen LogP contribution in [0.1, 0.15) is 0 Å². The Balaban J connectivity index is 2.94. The van der Waals surface area contributed by atoms with E-state index in [0.29, 0.717) is 5.15 Å². The molecule has 0 spiro atoms. The predicted molar refractivity (Wildman–Crippen MR) is 56.2 cm³/mol. The summed E-state index contributed by atoms with van der Waals surface area (Å²) in [5, 5.41) is 1.32. The number of aryl methyl sites for hydroxylation is 1. The van der Waals surface area contributed by atoms with E-state index in [1.165, 1.54) is 0 Å². The van der Waals surface area contributed by atoms with Gasteiger partial charge in [0.05, 0.1) is 9.99 Å². The number of nitrogens with zero attached hydrogens (tertiary/aromatic N) is 3. The van der Waals surface area contributed by atoms with Crippen LogP contribution >= 0.6 is 39.1 Å². The van der Waals surface area contributed by atoms with E-state index >= 15 is 0 Å². The summed E-state index contributed by atoms with van der Waals surface area (Å²) in [5.74, 6) is 0. The van der Waals surface area contributed by atoms with E-state index in [1.54, 1.807) is 0 Å². The van der Waals surface area contributed by atoms with E-state index in [1.807, 2.05) is 17.7 Å². The lowest BCUT2D eigenvalue weighted by molar-refractivity contribution is 0.919. The van der Waals surface area contributed by atoms with Crippen LogP contribution < -0.4 is 0 Å². The molecule has 0 bridgehead atoms. The minimum absolute atomic E-state index is 0.159. The first kappa shape index (κ1) is 9.24. The van der Waals surface area contributed by atoms with Crippen LogP contribution in [-0.2, 0) is 7.05 Å². The third-order valence-corrected chi connectivity index (χ3v) is 2.97. The van der Waals surface area contributed by atoms with Crippen molar-refractivity contribution < 1.29 is 0 Å². The SMILES string of the molecule is Cn1c(Br)cc2c(Cl)nc(Cl)nc21. The average Bonchev–Trinajstić information content (AvgIpc) is 2.32. The summed E-state index contributed by atoms with van der Waals surface area (Å²) in [5.41, 5.74) is 0.719. The van der Waals surface area contributed by atoms with Gasteiger partial charge in [-0.3, -0.25) is 0 Å². The molecule has 3 nitrogen and oxygen atoms in total. The Bertz CT molecular complexity index is 480. The Kier molecular flexibility index (Phi) is 2.21. The highest BCUT2D eigenvalue weighted by molar-refractivity contribution is 9.10. The topological polar surface area (TPSA) is 30.7 Å². The van der Waals surface area contributed by atoms with Crippen molar-refractivity contribution in [1.29, 1.82) is 0 Å². The molecule has 6 heteroatoms. The fraction of sp³-hybridized carbons (Fsp3) is 0.143. The van der Waals surface area contributed by atoms with E-state index < -0.39 is 0 Å². The van der Waals surface area contributed by atoms with Gasteiger partial charge in [-0.2, -0.15) is 4.98 Å². The van der Waals surface area contributed by atoms with Gasteiger partial charge in [-0.1, -0.05) is 11.6 Å². The Morgan fingerprint density at radius 1 is 1.38 bits per heavy atom. The van der Waals surface area contributed by atoms with E-state index in [4.69, 9.17) is 23.2 Å². The summed E-state index contributed by atoms with van der Waals surface area (Å²) in [6, 6.07) is 1.86. The molecular weight excluding hydrogens is 277 g/mol. The minimum atomic E-state index is 0.159. The van der Waals surface area contributed by atoms with Crippen LogP contribution in [0.5, 0.6) is 0 Å². The summed E-state index contributed by atoms with van der Waals surface area (Å²) in [4.78, 5) is 7.90. The normalized spacial score (nSPS) is 11.1. The van der Waals surface area contributed by atoms with E-state index in [2.05, 4.69) is 25.9 Å². The summed E-state index contributed by atoms with van der Waals surface area (Å²) < 4.78 is 2.73. The summed E-state index contributed by atoms with van der Waals surface area (Å²) in [7, 11) is 1.87. The zero-order valence-electron chi connectivity index (χ0n) is 6.55. The van der Waals surface area contributed by atoms with Gasteiger partial charge in [0.25, 0.3) is 0 Å². The van der Waals surface area contributed by atoms with Gasteiger partial charge in [-0.05, 0) is 33.6 Å². The lowest BCUT2D eigenvalue weighted by Crippen LogP contribution is -1.91. The zero-order valence-corrected chi connectivity index (χ0v) is 9.65. The van der Waals surface area contributed by atoms with Crippen LogP contribution in [0.25, 0.3) is 11.0 Å². The third-order valence-electron chi connectivity index (χ3n) is 1.75. The van der Waals surface area contributed by atoms with Crippen LogP contribution in [-0.4, -0.2) is 14.5 Å². The van der Waals surface area contributed by atoms with Crippen LogP contribution in [0.15, 0.2) is 10.7 Å². The van der Waals surface area contributed by atoms with Crippen molar-refractivity contribution in [3.63, 3.8) is 0 Å². The molecule has 0 unspecified atom stereocenters. The highest BCUT2D eigenvalue weighted by Gasteiger charge is 2.10. The summed E-state index contributed by atoms with van der Waals surface area (Å²) >= 11 is 14.9. The predicted octanol–water partition coefficient (Wildman–Crippen LogP) is 3.04. The molecule has 0 aliphatic carbocycles. The highest BCUT2D eigenvalue weighted by atomic mass is 79.9. The Morgan fingerprint density at radius 3 is 2.77 bits per heavy atom. The minimum Gasteiger partial charge on any atom is -0.323 e. The maximum absolute atomic E-state index is 5.88. The lowest BCUT2D eigenvalue weighted by Gasteiger charge is -1.97. The maximum atomic E-state index is 5.88. The maximum Gasteiger partial charge on any atom is 0.225 e. The van der Waals surface area contributed by atoms with Crippen molar-refractivity contribution in [3.8, 4) is 0 Å². The van der Waals surface area contributed by atoms with E-state index in [0.717, 1.165) is 15.6 Å². The number of fused-ring (bicyclic) bond motifs is 1. The second-order valence-electron chi connectivity index (χ2n) is 2.55. The van der Waals surface area contributed by atoms with Gasteiger partial charge in [0.2, 0.25) is 5.28 Å². The van der Waals surface area contributed by atoms with Crippen LogP contribution in [0.4, 0.5) is 0 Å². The van der Waals surface area contributed by atoms with Gasteiger partial charge in [0.15, 0.2) is 0 Å². The molecule has 0 N–H and O–H groups in total. The molecular formula is C7H4BrCl2N3. The Morgan fingerprint density at radius 2 is 2.08 bits per heavy atom. The van der Waals surface area contributed by atoms with Crippen LogP contribution in [0, 0.1) is 0 Å². The lowest BCUT2D eigenvalue weighted by atomic mass is 10.4. The van der Waals surface area contributed by atoms with Crippen molar-refractivity contribution >= 4 is 50.2 Å². The quantitative estimate of drug-likeness (QED) is 0.549. The molecule has 2 heterocycles. The van der Waals surface area contributed by atoms with Gasteiger partial charge in [-0.15, -0.1) is 0 Å². The van der Waals surface area contributed by atoms with Crippen LogP contribution in [0.2, 0.25) is 10.4 Å². The van der Waals surface area contributed by atoms with E-state index in [9.17, 15) is 0 Å². The number of hydrogen-bond donors (Lipinski definition) is 0. The standard InChI is InChI=1S/C7H4BrCl2N3/c1-13-4(8)2-3-5(9)11-7(10)12-6(3)13/h2H,1H3. The molecule has 0 aromatic carbocycles. The molecule has 0 fully saturated rings. The summed E-state index contributed by atoms with van der Waals surface area (Å²) in [6.45, 7) is 0. The fourth-order valence-corrected chi connectivity index (χ4v) is 1.93. The van der Waals surface area contributed by atoms with Crippen molar-refractivity contribution in [2.45, 2.75) is 0 Å². The molecule has 68 valence electrons. The van der Waals surface area contributed by atoms with Gasteiger partial charge in [-0.25, -0.2) is 4.98 Å². The second-order valence-corrected chi connectivity index (χ2v) is 4.06. The fourth-order valence-electron chi connectivity index (χ4n) is 1.10. The monoisotopic (exact) mass is 279 g/mol. The third kappa shape index (κ3) is 1.43. The molecule has 0 atom stereocenters. The Labute approximate surface area is 92.8 Å². The van der Waals surface area contributed by atoms with E-state index in [-0.39, 0.29) is 5.28 Å². The molecule has 0 radical (unpaired) electrons. The van der Waals surface area contributed by atoms with Crippen molar-refractivity contribution in [3.05, 3.63) is 21.1 Å². The highest BCUT2D eigenvalue weighted by Crippen LogP contribution is 2.27. The first-order valence-corrected chi connectivity index (χ1v) is 4.98. The van der Waals surface area contributed by atoms with Crippen molar-refractivity contribution in [1.82, 2.24) is 14.5 Å². The van der Waals surface area contributed by atoms with Gasteiger partial charge in [0.1, 0.15) is 10.8 Å². The van der Waals surface area contributed by atoms with Crippen molar-refractivity contribution in [2.75, 3.05) is 0 Å². The molecule has 2 aromatic rings. The first-order valence-electron chi connectivity index (χ1n) is 3.43. The van der Waals surface area contributed by atoms with Crippen LogP contribution in [0.3, 0.4) is 0 Å². The molecule has 0 saturated carbocycles. The van der Waals surface area contributed by atoms with Gasteiger partial charge >= 0.3 is 0 Å². The molecule has 2 aromatic heterocycles. The summed E-state index contributed by atoms with van der Waals surface area (Å²) in [6.07, 6.45) is 0. The second kappa shape index (κ2) is 3.12. The zero-order chi connectivity index (χ0) is 9.59. The molecule has 0 amide bonds. The largest absolute Gasteiger partial charge is 0.323 e. The molecule has 2 rings (SSSR count). The molecule has 0 aliphatic rings. The molecule has 0 aliphatic heterocycles. The smallest absolute Gasteiger partial charge is 0.225 e.